The van der Waals surface area contributed by atoms with Crippen molar-refractivity contribution in [3.63, 3.8) is 0 Å². The number of nitrogens with zero attached hydrogens (tertiary/aromatic N) is 1. The first-order valence-corrected chi connectivity index (χ1v) is 6.54. The number of rotatable bonds is 6. The third-order valence-corrected chi connectivity index (χ3v) is 3.31. The second-order valence-electron chi connectivity index (χ2n) is 4.95. The Labute approximate surface area is 111 Å². The van der Waals surface area contributed by atoms with E-state index in [-0.39, 0.29) is 11.9 Å². The van der Waals surface area contributed by atoms with Crippen molar-refractivity contribution in [2.75, 3.05) is 13.2 Å². The van der Waals surface area contributed by atoms with Crippen LogP contribution in [0, 0.1) is 15.5 Å². The lowest BCUT2D eigenvalue weighted by Gasteiger charge is -2.27. The van der Waals surface area contributed by atoms with Crippen LogP contribution in [0.3, 0.4) is 0 Å². The van der Waals surface area contributed by atoms with E-state index in [4.69, 9.17) is 14.9 Å². The minimum atomic E-state index is -0.739. The molecule has 1 saturated carbocycles. The van der Waals surface area contributed by atoms with Gasteiger partial charge in [0.1, 0.15) is 0 Å². The van der Waals surface area contributed by atoms with E-state index in [0.717, 1.165) is 44.8 Å². The molecule has 1 saturated heterocycles. The standard InChI is InChI=1S/C12H19N3O4/c13-10(15(16)17)4-7-14-9-12(5-6-12)19-11-3-1-2-8-18-11/h4,7,11,13-14H,1-3,5-6,8-9H2/b7-4-,13-10?. The van der Waals surface area contributed by atoms with Gasteiger partial charge < -0.3 is 24.9 Å². The Bertz CT molecular complexity index is 373. The first-order chi connectivity index (χ1) is 9.11. The van der Waals surface area contributed by atoms with Gasteiger partial charge >= 0.3 is 5.84 Å². The van der Waals surface area contributed by atoms with Gasteiger partial charge in [-0.2, -0.15) is 0 Å². The highest BCUT2D eigenvalue weighted by Gasteiger charge is 2.45. The van der Waals surface area contributed by atoms with Gasteiger partial charge in [0.15, 0.2) is 6.29 Å². The number of nitrogens with one attached hydrogen (secondary N) is 2. The van der Waals surface area contributed by atoms with E-state index >= 15 is 0 Å². The van der Waals surface area contributed by atoms with Crippen LogP contribution in [-0.2, 0) is 9.47 Å². The Balaban J connectivity index is 1.70. The molecule has 0 aromatic heterocycles. The summed E-state index contributed by atoms with van der Waals surface area (Å²) in [6.07, 6.45) is 7.55. The topological polar surface area (TPSA) is 97.5 Å². The molecule has 106 valence electrons. The Morgan fingerprint density at radius 2 is 2.37 bits per heavy atom. The van der Waals surface area contributed by atoms with E-state index in [9.17, 15) is 10.1 Å². The zero-order valence-corrected chi connectivity index (χ0v) is 10.8. The Morgan fingerprint density at radius 3 is 2.95 bits per heavy atom. The average Bonchev–Trinajstić information content (AvgIpc) is 3.15. The lowest BCUT2D eigenvalue weighted by atomic mass is 10.2. The normalized spacial score (nSPS) is 25.2. The van der Waals surface area contributed by atoms with Crippen LogP contribution < -0.4 is 5.32 Å². The fourth-order valence-corrected chi connectivity index (χ4v) is 2.00. The maximum Gasteiger partial charge on any atom is 0.357 e. The van der Waals surface area contributed by atoms with Crippen molar-refractivity contribution < 1.29 is 14.4 Å². The maximum absolute atomic E-state index is 10.2. The van der Waals surface area contributed by atoms with E-state index < -0.39 is 10.8 Å². The van der Waals surface area contributed by atoms with Crippen molar-refractivity contribution in [2.45, 2.75) is 44.0 Å². The lowest BCUT2D eigenvalue weighted by molar-refractivity contribution is -0.349. The molecule has 0 amide bonds. The highest BCUT2D eigenvalue weighted by atomic mass is 16.7. The van der Waals surface area contributed by atoms with Crippen LogP contribution in [0.1, 0.15) is 32.1 Å². The van der Waals surface area contributed by atoms with Gasteiger partial charge in [0.05, 0.1) is 11.7 Å². The third kappa shape index (κ3) is 4.29. The summed E-state index contributed by atoms with van der Waals surface area (Å²) in [6.45, 7) is 1.35. The summed E-state index contributed by atoms with van der Waals surface area (Å²) in [5.41, 5.74) is -0.191. The minimum absolute atomic E-state index is 0.112. The molecule has 1 heterocycles. The van der Waals surface area contributed by atoms with E-state index in [1.165, 1.54) is 6.20 Å². The van der Waals surface area contributed by atoms with Crippen LogP contribution in [-0.4, -0.2) is 35.8 Å². The van der Waals surface area contributed by atoms with Gasteiger partial charge in [-0.1, -0.05) is 5.41 Å². The number of amidine groups is 1. The van der Waals surface area contributed by atoms with Crippen LogP contribution in [0.15, 0.2) is 12.3 Å². The predicted molar refractivity (Wildman–Crippen MR) is 68.5 cm³/mol. The van der Waals surface area contributed by atoms with E-state index in [2.05, 4.69) is 5.32 Å². The number of hydrogen-bond acceptors (Lipinski definition) is 6. The molecule has 0 bridgehead atoms. The summed E-state index contributed by atoms with van der Waals surface area (Å²) in [6, 6.07) is 0. The van der Waals surface area contributed by atoms with Gasteiger partial charge in [0, 0.05) is 19.4 Å². The van der Waals surface area contributed by atoms with Crippen LogP contribution in [0.25, 0.3) is 0 Å². The summed E-state index contributed by atoms with van der Waals surface area (Å²) < 4.78 is 11.5. The molecule has 2 N–H and O–H groups in total. The van der Waals surface area contributed by atoms with Crippen LogP contribution >= 0.6 is 0 Å². The van der Waals surface area contributed by atoms with E-state index in [0.29, 0.717) is 6.54 Å². The number of ether oxygens (including phenoxy) is 2. The quantitative estimate of drug-likeness (QED) is 0.329. The monoisotopic (exact) mass is 269 g/mol. The molecule has 0 radical (unpaired) electrons. The van der Waals surface area contributed by atoms with Gasteiger partial charge in [0.25, 0.3) is 0 Å². The molecular weight excluding hydrogens is 250 g/mol. The van der Waals surface area contributed by atoms with Crippen LogP contribution in [0.2, 0.25) is 0 Å². The Kier molecular flexibility index (Phi) is 4.49. The van der Waals surface area contributed by atoms with Crippen LogP contribution in [0.5, 0.6) is 0 Å². The number of hydrogen-bond donors (Lipinski definition) is 2. The molecule has 1 aliphatic heterocycles. The number of nitro groups is 1. The lowest BCUT2D eigenvalue weighted by Crippen LogP contribution is -2.35. The molecule has 7 nitrogen and oxygen atoms in total. The second-order valence-corrected chi connectivity index (χ2v) is 4.95. The SMILES string of the molecule is N=C(/C=C\NCC1(OC2CCCCO2)CC1)[N+](=O)[O-]. The summed E-state index contributed by atoms with van der Waals surface area (Å²) in [4.78, 5) is 9.49. The molecule has 2 rings (SSSR count). The molecule has 0 aromatic rings. The van der Waals surface area contributed by atoms with E-state index in [1.54, 1.807) is 0 Å². The predicted octanol–water partition coefficient (Wildman–Crippen LogP) is 1.42. The van der Waals surface area contributed by atoms with Crippen molar-refractivity contribution in [3.8, 4) is 0 Å². The summed E-state index contributed by atoms with van der Waals surface area (Å²) in [7, 11) is 0. The molecule has 7 heteroatoms. The first-order valence-electron chi connectivity index (χ1n) is 6.54. The van der Waals surface area contributed by atoms with Crippen molar-refractivity contribution in [1.29, 1.82) is 5.41 Å². The Morgan fingerprint density at radius 1 is 1.58 bits per heavy atom. The summed E-state index contributed by atoms with van der Waals surface area (Å²) in [5.74, 6) is -0.631. The van der Waals surface area contributed by atoms with Gasteiger partial charge in [0.2, 0.25) is 0 Å². The third-order valence-electron chi connectivity index (χ3n) is 3.31. The van der Waals surface area contributed by atoms with Crippen molar-refractivity contribution in [3.05, 3.63) is 22.4 Å². The molecule has 2 fully saturated rings. The first kappa shape index (κ1) is 14.0. The molecule has 0 spiro atoms. The van der Waals surface area contributed by atoms with Gasteiger partial charge in [-0.15, -0.1) is 0 Å². The van der Waals surface area contributed by atoms with Gasteiger partial charge in [-0.3, -0.25) is 0 Å². The molecule has 1 unspecified atom stereocenters. The van der Waals surface area contributed by atoms with Crippen molar-refractivity contribution in [1.82, 2.24) is 5.32 Å². The molecule has 1 aliphatic carbocycles. The van der Waals surface area contributed by atoms with Gasteiger partial charge in [-0.25, -0.2) is 0 Å². The van der Waals surface area contributed by atoms with Crippen molar-refractivity contribution >= 4 is 5.84 Å². The minimum Gasteiger partial charge on any atom is -0.388 e. The fourth-order valence-electron chi connectivity index (χ4n) is 2.00. The molecule has 1 atom stereocenters. The highest BCUT2D eigenvalue weighted by molar-refractivity contribution is 5.82. The molecular formula is C12H19N3O4. The average molecular weight is 269 g/mol. The summed E-state index contributed by atoms with van der Waals surface area (Å²) >= 11 is 0. The Hall–Kier alpha value is -1.47. The molecule has 2 aliphatic rings. The fraction of sp³-hybridized carbons (Fsp3) is 0.750. The summed E-state index contributed by atoms with van der Waals surface area (Å²) in [5, 5.41) is 20.2. The molecule has 0 aromatic carbocycles. The largest absolute Gasteiger partial charge is 0.388 e. The second kappa shape index (κ2) is 6.12. The van der Waals surface area contributed by atoms with Crippen molar-refractivity contribution in [2.24, 2.45) is 0 Å². The van der Waals surface area contributed by atoms with E-state index in [1.807, 2.05) is 0 Å². The van der Waals surface area contributed by atoms with Crippen LogP contribution in [0.4, 0.5) is 0 Å². The zero-order valence-electron chi connectivity index (χ0n) is 10.8. The maximum atomic E-state index is 10.2. The zero-order chi connectivity index (χ0) is 13.7. The smallest absolute Gasteiger partial charge is 0.357 e. The highest BCUT2D eigenvalue weighted by Crippen LogP contribution is 2.41. The van der Waals surface area contributed by atoms with Gasteiger partial charge in [-0.05, 0) is 37.0 Å². The molecule has 19 heavy (non-hydrogen) atoms.